The third kappa shape index (κ3) is 3.90. The maximum Gasteiger partial charge on any atom is 0.238 e. The number of nitrogens with zero attached hydrogens (tertiary/aromatic N) is 1. The summed E-state index contributed by atoms with van der Waals surface area (Å²) in [5, 5.41) is 6.57. The van der Waals surface area contributed by atoms with E-state index in [4.69, 9.17) is 11.6 Å². The number of carbonyl (C=O) groups excluding carboxylic acids is 2. The van der Waals surface area contributed by atoms with Crippen LogP contribution >= 0.6 is 11.6 Å². The molecule has 1 saturated heterocycles. The van der Waals surface area contributed by atoms with Crippen molar-refractivity contribution >= 4 is 29.1 Å². The van der Waals surface area contributed by atoms with E-state index in [0.717, 1.165) is 30.6 Å². The van der Waals surface area contributed by atoms with Crippen LogP contribution in [0.15, 0.2) is 18.2 Å². The number of hydrogen-bond donors (Lipinski definition) is 2. The largest absolute Gasteiger partial charge is 0.356 e. The highest BCUT2D eigenvalue weighted by Crippen LogP contribution is 2.38. The first-order chi connectivity index (χ1) is 11.4. The van der Waals surface area contributed by atoms with Gasteiger partial charge in [0, 0.05) is 29.7 Å². The van der Waals surface area contributed by atoms with Crippen molar-refractivity contribution in [2.45, 2.75) is 32.2 Å². The zero-order valence-corrected chi connectivity index (χ0v) is 14.9. The molecule has 3 rings (SSSR count). The molecule has 0 unspecified atom stereocenters. The first-order valence-corrected chi connectivity index (χ1v) is 8.83. The summed E-state index contributed by atoms with van der Waals surface area (Å²) in [7, 11) is 1.99. The van der Waals surface area contributed by atoms with Crippen LogP contribution in [-0.2, 0) is 9.59 Å². The average Bonchev–Trinajstić information content (AvgIpc) is 2.94. The molecule has 3 atom stereocenters. The van der Waals surface area contributed by atoms with Crippen molar-refractivity contribution in [2.24, 2.45) is 11.8 Å². The van der Waals surface area contributed by atoms with Gasteiger partial charge in [0.1, 0.15) is 0 Å². The molecule has 0 aromatic heterocycles. The summed E-state index contributed by atoms with van der Waals surface area (Å²) in [4.78, 5) is 25.9. The number of aryl methyl sites for hydroxylation is 1. The second-order valence-electron chi connectivity index (χ2n) is 7.08. The molecule has 2 N–H and O–H groups in total. The van der Waals surface area contributed by atoms with E-state index in [1.54, 1.807) is 6.07 Å². The third-order valence-electron chi connectivity index (χ3n) is 5.28. The Kier molecular flexibility index (Phi) is 5.11. The quantitative estimate of drug-likeness (QED) is 0.877. The van der Waals surface area contributed by atoms with E-state index >= 15 is 0 Å². The Morgan fingerprint density at radius 1 is 1.38 bits per heavy atom. The van der Waals surface area contributed by atoms with Gasteiger partial charge in [0.25, 0.3) is 0 Å². The number of carbonyl (C=O) groups is 2. The molecule has 0 radical (unpaired) electrons. The van der Waals surface area contributed by atoms with Gasteiger partial charge in [-0.25, -0.2) is 0 Å². The monoisotopic (exact) mass is 349 g/mol. The number of benzene rings is 1. The van der Waals surface area contributed by atoms with E-state index in [9.17, 15) is 9.59 Å². The van der Waals surface area contributed by atoms with E-state index in [1.807, 2.05) is 26.1 Å². The number of fused-ring (bicyclic) bond motifs is 1. The Labute approximate surface area is 147 Å². The zero-order valence-electron chi connectivity index (χ0n) is 14.1. The highest BCUT2D eigenvalue weighted by atomic mass is 35.5. The lowest BCUT2D eigenvalue weighted by molar-refractivity contribution is -0.124. The fraction of sp³-hybridized carbons (Fsp3) is 0.556. The maximum absolute atomic E-state index is 12.3. The van der Waals surface area contributed by atoms with Gasteiger partial charge in [-0.2, -0.15) is 0 Å². The smallest absolute Gasteiger partial charge is 0.238 e. The van der Waals surface area contributed by atoms with Crippen LogP contribution in [0.3, 0.4) is 0 Å². The minimum Gasteiger partial charge on any atom is -0.356 e. The van der Waals surface area contributed by atoms with Crippen LogP contribution in [0.1, 0.15) is 24.8 Å². The number of rotatable bonds is 4. The van der Waals surface area contributed by atoms with Crippen molar-refractivity contribution in [3.05, 3.63) is 28.8 Å². The van der Waals surface area contributed by atoms with E-state index in [2.05, 4.69) is 15.5 Å². The molecule has 1 aromatic rings. The molecule has 5 nitrogen and oxygen atoms in total. The molecule has 1 heterocycles. The van der Waals surface area contributed by atoms with Gasteiger partial charge in [-0.05, 0) is 62.4 Å². The molecule has 1 aliphatic carbocycles. The second kappa shape index (κ2) is 7.11. The molecular weight excluding hydrogens is 326 g/mol. The molecule has 6 heteroatoms. The van der Waals surface area contributed by atoms with E-state index in [-0.39, 0.29) is 11.8 Å². The molecule has 2 fully saturated rings. The van der Waals surface area contributed by atoms with E-state index < -0.39 is 0 Å². The summed E-state index contributed by atoms with van der Waals surface area (Å²) >= 11 is 6.01. The predicted molar refractivity (Wildman–Crippen MR) is 95.1 cm³/mol. The summed E-state index contributed by atoms with van der Waals surface area (Å²) in [5.74, 6) is 1.16. The van der Waals surface area contributed by atoms with Crippen LogP contribution in [0.5, 0.6) is 0 Å². The molecule has 0 spiro atoms. The van der Waals surface area contributed by atoms with Crippen LogP contribution in [0.2, 0.25) is 5.02 Å². The number of anilines is 1. The van der Waals surface area contributed by atoms with Crippen molar-refractivity contribution in [3.8, 4) is 0 Å². The topological polar surface area (TPSA) is 61.4 Å². The summed E-state index contributed by atoms with van der Waals surface area (Å²) < 4.78 is 0. The summed E-state index contributed by atoms with van der Waals surface area (Å²) in [6, 6.07) is 5.85. The first kappa shape index (κ1) is 17.2. The number of halogens is 1. The second-order valence-corrected chi connectivity index (χ2v) is 7.49. The maximum atomic E-state index is 12.3. The minimum absolute atomic E-state index is 0.0247. The minimum atomic E-state index is -0.0247. The number of likely N-dealkylation sites (N-methyl/N-ethyl adjacent to an activating group) is 1. The van der Waals surface area contributed by atoms with Crippen LogP contribution in [0.25, 0.3) is 0 Å². The molecule has 24 heavy (non-hydrogen) atoms. The van der Waals surface area contributed by atoms with Gasteiger partial charge >= 0.3 is 0 Å². The molecule has 2 aliphatic rings. The standard InChI is InChI=1S/C18H24ClN3O2/c1-11-5-14(3-4-16(11)19)21-18(24)10-22(2)15-6-12-8-17(23)20-9-13(12)7-15/h3-5,12-13,15H,6-10H2,1-2H3,(H,20,23)(H,21,24)/t12-,13+,15-/m0/s1. The Morgan fingerprint density at radius 3 is 2.88 bits per heavy atom. The van der Waals surface area contributed by atoms with Crippen LogP contribution in [-0.4, -0.2) is 42.9 Å². The van der Waals surface area contributed by atoms with E-state index in [1.165, 1.54) is 0 Å². The molecule has 2 amide bonds. The zero-order chi connectivity index (χ0) is 17.3. The molecule has 0 bridgehead atoms. The Balaban J connectivity index is 1.53. The summed E-state index contributed by atoms with van der Waals surface area (Å²) in [6.07, 6.45) is 2.68. The summed E-state index contributed by atoms with van der Waals surface area (Å²) in [5.41, 5.74) is 1.71. The van der Waals surface area contributed by atoms with Gasteiger partial charge in [0.15, 0.2) is 0 Å². The van der Waals surface area contributed by atoms with Crippen LogP contribution < -0.4 is 10.6 Å². The fourth-order valence-corrected chi connectivity index (χ4v) is 3.99. The van der Waals surface area contributed by atoms with E-state index in [0.29, 0.717) is 35.9 Å². The number of piperidine rings is 1. The van der Waals surface area contributed by atoms with Crippen molar-refractivity contribution in [2.75, 3.05) is 25.5 Å². The van der Waals surface area contributed by atoms with Gasteiger partial charge in [0.2, 0.25) is 11.8 Å². The highest BCUT2D eigenvalue weighted by Gasteiger charge is 2.39. The van der Waals surface area contributed by atoms with Crippen molar-refractivity contribution in [1.29, 1.82) is 0 Å². The lowest BCUT2D eigenvalue weighted by atomic mass is 9.89. The molecule has 130 valence electrons. The fourth-order valence-electron chi connectivity index (χ4n) is 3.87. The van der Waals surface area contributed by atoms with Crippen LogP contribution in [0, 0.1) is 18.8 Å². The Morgan fingerprint density at radius 2 is 2.12 bits per heavy atom. The number of amides is 2. The van der Waals surface area contributed by atoms with Crippen molar-refractivity contribution in [1.82, 2.24) is 10.2 Å². The van der Waals surface area contributed by atoms with Gasteiger partial charge in [-0.3, -0.25) is 14.5 Å². The third-order valence-corrected chi connectivity index (χ3v) is 5.71. The van der Waals surface area contributed by atoms with Crippen molar-refractivity contribution in [3.63, 3.8) is 0 Å². The highest BCUT2D eigenvalue weighted by molar-refractivity contribution is 6.31. The number of nitrogens with one attached hydrogen (secondary N) is 2. The first-order valence-electron chi connectivity index (χ1n) is 8.45. The Hall–Kier alpha value is -1.59. The lowest BCUT2D eigenvalue weighted by Crippen LogP contribution is -2.38. The molecule has 1 aliphatic heterocycles. The van der Waals surface area contributed by atoms with Gasteiger partial charge < -0.3 is 10.6 Å². The summed E-state index contributed by atoms with van der Waals surface area (Å²) in [6.45, 7) is 3.05. The molecule has 1 saturated carbocycles. The lowest BCUT2D eigenvalue weighted by Gasteiger charge is -2.24. The molecule has 1 aromatic carbocycles. The number of hydrogen-bond acceptors (Lipinski definition) is 3. The average molecular weight is 350 g/mol. The van der Waals surface area contributed by atoms with Crippen molar-refractivity contribution < 1.29 is 9.59 Å². The van der Waals surface area contributed by atoms with Crippen LogP contribution in [0.4, 0.5) is 5.69 Å². The van der Waals surface area contributed by atoms with Gasteiger partial charge in [-0.15, -0.1) is 0 Å². The normalized spacial score (nSPS) is 26.2. The molecular formula is C18H24ClN3O2. The Bertz CT molecular complexity index is 649. The van der Waals surface area contributed by atoms with Gasteiger partial charge in [-0.1, -0.05) is 11.6 Å². The SMILES string of the molecule is Cc1cc(NC(=O)CN(C)[C@H]2C[C@H]3CC(=O)NC[C@H]3C2)ccc1Cl. The predicted octanol–water partition coefficient (Wildman–Crippen LogP) is 2.43. The van der Waals surface area contributed by atoms with Gasteiger partial charge in [0.05, 0.1) is 6.54 Å².